The normalized spacial score (nSPS) is 13.6. The van der Waals surface area contributed by atoms with Crippen molar-refractivity contribution in [2.24, 2.45) is 5.84 Å². The largest absolute Gasteiger partial charge is 0.271 e. The number of sulfone groups is 1. The van der Waals surface area contributed by atoms with Crippen LogP contribution < -0.4 is 11.3 Å². The van der Waals surface area contributed by atoms with Gasteiger partial charge in [0.2, 0.25) is 0 Å². The van der Waals surface area contributed by atoms with Crippen LogP contribution in [0.1, 0.15) is 24.4 Å². The van der Waals surface area contributed by atoms with Gasteiger partial charge in [-0.05, 0) is 30.5 Å². The van der Waals surface area contributed by atoms with Gasteiger partial charge in [0.25, 0.3) is 0 Å². The van der Waals surface area contributed by atoms with Gasteiger partial charge in [-0.1, -0.05) is 17.7 Å². The Morgan fingerprint density at radius 3 is 2.67 bits per heavy atom. The minimum Gasteiger partial charge on any atom is -0.271 e. The average molecular weight is 295 g/mol. The number of hydrogen-bond donors (Lipinski definition) is 2. The maximum Gasteiger partial charge on any atom is 0.147 e. The summed E-state index contributed by atoms with van der Waals surface area (Å²) >= 11 is 5.59. The summed E-state index contributed by atoms with van der Waals surface area (Å²) < 4.78 is 35.3. The highest BCUT2D eigenvalue weighted by molar-refractivity contribution is 7.90. The Labute approximate surface area is 111 Å². The molecule has 0 heterocycles. The molecule has 1 unspecified atom stereocenters. The van der Waals surface area contributed by atoms with Crippen LogP contribution in [0, 0.1) is 5.82 Å². The molecule has 0 saturated carbocycles. The smallest absolute Gasteiger partial charge is 0.147 e. The maximum absolute atomic E-state index is 13.3. The number of rotatable bonds is 6. The van der Waals surface area contributed by atoms with Gasteiger partial charge in [0.05, 0.1) is 5.02 Å². The van der Waals surface area contributed by atoms with E-state index in [-0.39, 0.29) is 16.8 Å². The molecule has 7 heteroatoms. The van der Waals surface area contributed by atoms with E-state index in [0.717, 1.165) is 0 Å². The van der Waals surface area contributed by atoms with Crippen LogP contribution in [0.2, 0.25) is 5.02 Å². The summed E-state index contributed by atoms with van der Waals surface area (Å²) in [5.74, 6) is 4.96. The minimum atomic E-state index is -2.99. The van der Waals surface area contributed by atoms with E-state index >= 15 is 0 Å². The molecule has 4 nitrogen and oxygen atoms in total. The van der Waals surface area contributed by atoms with Crippen LogP contribution in [0.5, 0.6) is 0 Å². The van der Waals surface area contributed by atoms with Crippen LogP contribution in [0.15, 0.2) is 18.2 Å². The van der Waals surface area contributed by atoms with Gasteiger partial charge in [0.15, 0.2) is 0 Å². The van der Waals surface area contributed by atoms with E-state index in [1.165, 1.54) is 18.4 Å². The van der Waals surface area contributed by atoms with Gasteiger partial charge in [-0.3, -0.25) is 11.3 Å². The van der Waals surface area contributed by atoms with E-state index in [2.05, 4.69) is 5.43 Å². The summed E-state index contributed by atoms with van der Waals surface area (Å²) in [7, 11) is -2.99. The Kier molecular flexibility index (Phi) is 5.52. The molecule has 0 fully saturated rings. The molecule has 0 spiro atoms. The van der Waals surface area contributed by atoms with Gasteiger partial charge < -0.3 is 0 Å². The van der Waals surface area contributed by atoms with Gasteiger partial charge in [-0.15, -0.1) is 0 Å². The molecule has 3 N–H and O–H groups in total. The van der Waals surface area contributed by atoms with Crippen molar-refractivity contribution in [1.29, 1.82) is 0 Å². The Hall–Kier alpha value is -0.690. The fourth-order valence-corrected chi connectivity index (χ4v) is 2.43. The second kappa shape index (κ2) is 6.47. The summed E-state index contributed by atoms with van der Waals surface area (Å²) in [5, 5.41) is 0.0469. The molecule has 1 atom stereocenters. The first-order chi connectivity index (χ1) is 8.33. The van der Waals surface area contributed by atoms with Gasteiger partial charge in [0.1, 0.15) is 15.7 Å². The molecule has 0 aliphatic heterocycles. The van der Waals surface area contributed by atoms with E-state index in [0.29, 0.717) is 18.4 Å². The van der Waals surface area contributed by atoms with E-state index in [9.17, 15) is 12.8 Å². The van der Waals surface area contributed by atoms with Crippen molar-refractivity contribution in [2.75, 3.05) is 12.0 Å². The van der Waals surface area contributed by atoms with Gasteiger partial charge in [-0.25, -0.2) is 12.8 Å². The molecule has 1 aromatic carbocycles. The fraction of sp³-hybridized carbons (Fsp3) is 0.455. The number of hydrazine groups is 1. The van der Waals surface area contributed by atoms with Crippen LogP contribution in [0.3, 0.4) is 0 Å². The van der Waals surface area contributed by atoms with Crippen molar-refractivity contribution >= 4 is 21.4 Å². The van der Waals surface area contributed by atoms with Crippen LogP contribution in [0.25, 0.3) is 0 Å². The zero-order chi connectivity index (χ0) is 13.8. The molecular weight excluding hydrogens is 279 g/mol. The highest BCUT2D eigenvalue weighted by Crippen LogP contribution is 2.22. The first kappa shape index (κ1) is 15.4. The standard InChI is InChI=1S/C11H16ClFN2O2S/c1-18(16,17)6-2-3-11(15-14)8-4-5-9(12)10(13)7-8/h4-5,7,11,15H,2-3,6,14H2,1H3. The molecule has 0 radical (unpaired) electrons. The zero-order valence-corrected chi connectivity index (χ0v) is 11.6. The molecule has 0 amide bonds. The number of halogens is 2. The van der Waals surface area contributed by atoms with E-state index in [1.54, 1.807) is 6.07 Å². The van der Waals surface area contributed by atoms with Crippen molar-refractivity contribution in [3.05, 3.63) is 34.6 Å². The van der Waals surface area contributed by atoms with Gasteiger partial charge in [0, 0.05) is 18.1 Å². The lowest BCUT2D eigenvalue weighted by Crippen LogP contribution is -2.28. The summed E-state index contributed by atoms with van der Waals surface area (Å²) in [6.07, 6.45) is 2.14. The zero-order valence-electron chi connectivity index (χ0n) is 9.99. The molecular formula is C11H16ClFN2O2S. The second-order valence-corrected chi connectivity index (χ2v) is 6.83. The summed E-state index contributed by atoms with van der Waals surface area (Å²) in [5.41, 5.74) is 3.19. The van der Waals surface area contributed by atoms with Crippen LogP contribution in [-0.2, 0) is 9.84 Å². The predicted octanol–water partition coefficient (Wildman–Crippen LogP) is 1.81. The third kappa shape index (κ3) is 4.89. The van der Waals surface area contributed by atoms with Crippen LogP contribution in [-0.4, -0.2) is 20.4 Å². The number of hydrogen-bond acceptors (Lipinski definition) is 4. The number of nitrogens with one attached hydrogen (secondary N) is 1. The Morgan fingerprint density at radius 1 is 1.50 bits per heavy atom. The molecule has 1 rings (SSSR count). The molecule has 0 aliphatic carbocycles. The molecule has 18 heavy (non-hydrogen) atoms. The highest BCUT2D eigenvalue weighted by atomic mass is 35.5. The molecule has 102 valence electrons. The van der Waals surface area contributed by atoms with E-state index in [4.69, 9.17) is 17.4 Å². The van der Waals surface area contributed by atoms with Gasteiger partial charge >= 0.3 is 0 Å². The SMILES string of the molecule is CS(=O)(=O)CCCC(NN)c1ccc(Cl)c(F)c1. The second-order valence-electron chi connectivity index (χ2n) is 4.16. The first-order valence-electron chi connectivity index (χ1n) is 5.42. The fourth-order valence-electron chi connectivity index (χ4n) is 1.62. The van der Waals surface area contributed by atoms with Crippen molar-refractivity contribution in [3.63, 3.8) is 0 Å². The van der Waals surface area contributed by atoms with Crippen molar-refractivity contribution in [2.45, 2.75) is 18.9 Å². The van der Waals surface area contributed by atoms with E-state index in [1.807, 2.05) is 0 Å². The molecule has 1 aromatic rings. The Morgan fingerprint density at radius 2 is 2.17 bits per heavy atom. The number of nitrogens with two attached hydrogens (primary N) is 1. The monoisotopic (exact) mass is 294 g/mol. The third-order valence-electron chi connectivity index (χ3n) is 2.56. The van der Waals surface area contributed by atoms with Crippen LogP contribution >= 0.6 is 11.6 Å². The van der Waals surface area contributed by atoms with Crippen LogP contribution in [0.4, 0.5) is 4.39 Å². The topological polar surface area (TPSA) is 72.2 Å². The van der Waals surface area contributed by atoms with Gasteiger partial charge in [-0.2, -0.15) is 0 Å². The lowest BCUT2D eigenvalue weighted by Gasteiger charge is -2.16. The summed E-state index contributed by atoms with van der Waals surface area (Å²) in [6.45, 7) is 0. The lowest BCUT2D eigenvalue weighted by atomic mass is 10.0. The van der Waals surface area contributed by atoms with E-state index < -0.39 is 15.7 Å². The van der Waals surface area contributed by atoms with Crippen molar-refractivity contribution in [1.82, 2.24) is 5.43 Å². The van der Waals surface area contributed by atoms with Crippen molar-refractivity contribution < 1.29 is 12.8 Å². The Bertz CT molecular complexity index is 508. The maximum atomic E-state index is 13.3. The minimum absolute atomic E-state index is 0.0469. The van der Waals surface area contributed by atoms with Crippen molar-refractivity contribution in [3.8, 4) is 0 Å². The average Bonchev–Trinajstić information content (AvgIpc) is 2.27. The summed E-state index contributed by atoms with van der Waals surface area (Å²) in [4.78, 5) is 0. The predicted molar refractivity (Wildman–Crippen MR) is 70.4 cm³/mol. The first-order valence-corrected chi connectivity index (χ1v) is 7.86. The molecule has 0 aromatic heterocycles. The summed E-state index contributed by atoms with van der Waals surface area (Å²) in [6, 6.07) is 4.12. The third-order valence-corrected chi connectivity index (χ3v) is 3.89. The quantitative estimate of drug-likeness (QED) is 0.620. The molecule has 0 aliphatic rings. The highest BCUT2D eigenvalue weighted by Gasteiger charge is 2.13. The Balaban J connectivity index is 2.68. The molecule has 0 saturated heterocycles. The lowest BCUT2D eigenvalue weighted by molar-refractivity contribution is 0.503. The molecule has 0 bridgehead atoms. The number of benzene rings is 1.